The fourth-order valence-corrected chi connectivity index (χ4v) is 3.37. The van der Waals surface area contributed by atoms with Gasteiger partial charge in [0.1, 0.15) is 0 Å². The molecule has 1 fully saturated rings. The molecule has 17 heavy (non-hydrogen) atoms. The van der Waals surface area contributed by atoms with E-state index in [1.165, 1.54) is 32.1 Å². The zero-order valence-corrected chi connectivity index (χ0v) is 12.5. The summed E-state index contributed by atoms with van der Waals surface area (Å²) in [5, 5.41) is 3.69. The highest BCUT2D eigenvalue weighted by atomic mass is 15.0. The first-order chi connectivity index (χ1) is 7.62. The third kappa shape index (κ3) is 5.87. The first-order valence-corrected chi connectivity index (χ1v) is 7.16. The van der Waals surface area contributed by atoms with Crippen molar-refractivity contribution >= 4 is 0 Å². The molecule has 3 N–H and O–H groups in total. The van der Waals surface area contributed by atoms with Crippen LogP contribution in [-0.2, 0) is 0 Å². The minimum absolute atomic E-state index is 0.130. The molecular formula is C15H32N2. The van der Waals surface area contributed by atoms with Crippen molar-refractivity contribution in [1.82, 2.24) is 5.32 Å². The van der Waals surface area contributed by atoms with E-state index in [1.807, 2.05) is 0 Å². The lowest BCUT2D eigenvalue weighted by atomic mass is 9.81. The first kappa shape index (κ1) is 15.0. The molecule has 0 aromatic heterocycles. The number of rotatable bonds is 5. The van der Waals surface area contributed by atoms with Crippen molar-refractivity contribution in [3.8, 4) is 0 Å². The zero-order valence-electron chi connectivity index (χ0n) is 12.5. The van der Waals surface area contributed by atoms with Crippen LogP contribution in [0.4, 0.5) is 0 Å². The van der Waals surface area contributed by atoms with Crippen LogP contribution in [0.2, 0.25) is 0 Å². The Labute approximate surface area is 108 Å². The van der Waals surface area contributed by atoms with Crippen LogP contribution in [0.5, 0.6) is 0 Å². The van der Waals surface area contributed by atoms with Gasteiger partial charge >= 0.3 is 0 Å². The molecule has 0 aromatic rings. The van der Waals surface area contributed by atoms with Crippen LogP contribution in [0.25, 0.3) is 0 Å². The van der Waals surface area contributed by atoms with Gasteiger partial charge in [0.05, 0.1) is 0 Å². The fourth-order valence-electron chi connectivity index (χ4n) is 3.37. The number of hydrogen-bond donors (Lipinski definition) is 2. The molecule has 2 heteroatoms. The molecule has 1 aliphatic rings. The summed E-state index contributed by atoms with van der Waals surface area (Å²) in [5.41, 5.74) is 7.10. The Kier molecular flexibility index (Phi) is 4.65. The molecule has 2 nitrogen and oxygen atoms in total. The lowest BCUT2D eigenvalue weighted by Gasteiger charge is -2.35. The van der Waals surface area contributed by atoms with Crippen LogP contribution in [0.3, 0.4) is 0 Å². The first-order valence-electron chi connectivity index (χ1n) is 7.16. The Morgan fingerprint density at radius 2 is 1.59 bits per heavy atom. The Balaban J connectivity index is 2.29. The molecule has 0 saturated heterocycles. The van der Waals surface area contributed by atoms with Gasteiger partial charge in [0, 0.05) is 11.1 Å². The van der Waals surface area contributed by atoms with E-state index < -0.39 is 0 Å². The molecule has 1 aliphatic carbocycles. The average Bonchev–Trinajstić information content (AvgIpc) is 2.47. The van der Waals surface area contributed by atoms with Crippen LogP contribution < -0.4 is 11.1 Å². The molecule has 0 aliphatic heterocycles. The highest BCUT2D eigenvalue weighted by Crippen LogP contribution is 2.30. The highest BCUT2D eigenvalue weighted by Gasteiger charge is 2.30. The van der Waals surface area contributed by atoms with Crippen LogP contribution in [0.15, 0.2) is 0 Å². The summed E-state index contributed by atoms with van der Waals surface area (Å²) in [6.45, 7) is 12.6. The second-order valence-corrected chi connectivity index (χ2v) is 7.87. The van der Waals surface area contributed by atoms with Crippen molar-refractivity contribution in [2.24, 2.45) is 11.1 Å². The molecule has 1 rings (SSSR count). The smallest absolute Gasteiger partial charge is 0.0166 e. The third-order valence-electron chi connectivity index (χ3n) is 3.80. The maximum Gasteiger partial charge on any atom is 0.0166 e. The summed E-state index contributed by atoms with van der Waals surface area (Å²) in [4.78, 5) is 0. The average molecular weight is 240 g/mol. The Bertz CT molecular complexity index is 232. The predicted octanol–water partition coefficient (Wildman–Crippen LogP) is 3.45. The maximum atomic E-state index is 6.38. The summed E-state index contributed by atoms with van der Waals surface area (Å²) in [7, 11) is 0. The van der Waals surface area contributed by atoms with Crippen LogP contribution in [0, 0.1) is 5.41 Å². The molecule has 0 radical (unpaired) electrons. The highest BCUT2D eigenvalue weighted by molar-refractivity contribution is 4.91. The summed E-state index contributed by atoms with van der Waals surface area (Å²) in [5.74, 6) is 0. The van der Waals surface area contributed by atoms with E-state index in [9.17, 15) is 0 Å². The van der Waals surface area contributed by atoms with Gasteiger partial charge in [-0.3, -0.25) is 0 Å². The van der Waals surface area contributed by atoms with Crippen LogP contribution in [0.1, 0.15) is 73.1 Å². The Hall–Kier alpha value is -0.0800. The molecule has 1 saturated carbocycles. The Morgan fingerprint density at radius 3 is 2.06 bits per heavy atom. The monoisotopic (exact) mass is 240 g/mol. The second kappa shape index (κ2) is 5.27. The van der Waals surface area contributed by atoms with E-state index in [0.29, 0.717) is 5.41 Å². The minimum Gasteiger partial charge on any atom is -0.325 e. The standard InChI is InChI=1S/C15H32N2/c1-13(2,3)12-14(4,5)17-11-10-15(16)8-6-7-9-15/h17H,6-12,16H2,1-5H3. The SMILES string of the molecule is CC(C)(C)CC(C)(C)NCCC1(N)CCCC1. The van der Waals surface area contributed by atoms with Crippen LogP contribution in [-0.4, -0.2) is 17.6 Å². The Morgan fingerprint density at radius 1 is 1.06 bits per heavy atom. The van der Waals surface area contributed by atoms with Gasteiger partial charge in [0.25, 0.3) is 0 Å². The van der Waals surface area contributed by atoms with Crippen molar-refractivity contribution in [2.75, 3.05) is 6.54 Å². The largest absolute Gasteiger partial charge is 0.325 e. The maximum absolute atomic E-state index is 6.38. The normalized spacial score (nSPS) is 20.8. The van der Waals surface area contributed by atoms with Crippen molar-refractivity contribution in [2.45, 2.75) is 84.2 Å². The van der Waals surface area contributed by atoms with Gasteiger partial charge in [-0.05, 0) is 51.5 Å². The van der Waals surface area contributed by atoms with Gasteiger partial charge in [-0.2, -0.15) is 0 Å². The van der Waals surface area contributed by atoms with Gasteiger partial charge in [-0.25, -0.2) is 0 Å². The summed E-state index contributed by atoms with van der Waals surface area (Å²) in [6.07, 6.45) is 7.39. The van der Waals surface area contributed by atoms with E-state index in [-0.39, 0.29) is 11.1 Å². The van der Waals surface area contributed by atoms with Gasteiger partial charge in [0.2, 0.25) is 0 Å². The minimum atomic E-state index is 0.130. The predicted molar refractivity (Wildman–Crippen MR) is 76.2 cm³/mol. The van der Waals surface area contributed by atoms with E-state index in [2.05, 4.69) is 39.9 Å². The fraction of sp³-hybridized carbons (Fsp3) is 1.00. The van der Waals surface area contributed by atoms with E-state index in [0.717, 1.165) is 13.0 Å². The third-order valence-corrected chi connectivity index (χ3v) is 3.80. The second-order valence-electron chi connectivity index (χ2n) is 7.87. The molecule has 0 amide bonds. The molecule has 0 atom stereocenters. The van der Waals surface area contributed by atoms with E-state index in [4.69, 9.17) is 5.73 Å². The molecule has 0 heterocycles. The van der Waals surface area contributed by atoms with Gasteiger partial charge in [-0.1, -0.05) is 33.6 Å². The van der Waals surface area contributed by atoms with Crippen molar-refractivity contribution < 1.29 is 0 Å². The van der Waals surface area contributed by atoms with Crippen molar-refractivity contribution in [3.63, 3.8) is 0 Å². The summed E-state index contributed by atoms with van der Waals surface area (Å²) >= 11 is 0. The van der Waals surface area contributed by atoms with E-state index in [1.54, 1.807) is 0 Å². The molecule has 0 spiro atoms. The van der Waals surface area contributed by atoms with Gasteiger partial charge in [0.15, 0.2) is 0 Å². The van der Waals surface area contributed by atoms with Crippen molar-refractivity contribution in [1.29, 1.82) is 0 Å². The molecule has 0 unspecified atom stereocenters. The van der Waals surface area contributed by atoms with E-state index >= 15 is 0 Å². The molecule has 0 bridgehead atoms. The summed E-state index contributed by atoms with van der Waals surface area (Å²) < 4.78 is 0. The van der Waals surface area contributed by atoms with Gasteiger partial charge in [-0.15, -0.1) is 0 Å². The molecular weight excluding hydrogens is 208 g/mol. The topological polar surface area (TPSA) is 38.0 Å². The molecule has 0 aromatic carbocycles. The quantitative estimate of drug-likeness (QED) is 0.772. The lowest BCUT2D eigenvalue weighted by molar-refractivity contribution is 0.235. The number of nitrogens with one attached hydrogen (secondary N) is 1. The van der Waals surface area contributed by atoms with Crippen LogP contribution >= 0.6 is 0 Å². The lowest BCUT2D eigenvalue weighted by Crippen LogP contribution is -2.46. The van der Waals surface area contributed by atoms with Crippen molar-refractivity contribution in [3.05, 3.63) is 0 Å². The van der Waals surface area contributed by atoms with Gasteiger partial charge < -0.3 is 11.1 Å². The zero-order chi connectivity index (χ0) is 13.2. The number of hydrogen-bond acceptors (Lipinski definition) is 2. The molecule has 102 valence electrons. The number of nitrogens with two attached hydrogens (primary N) is 1. The summed E-state index contributed by atoms with van der Waals surface area (Å²) in [6, 6.07) is 0.